The Labute approximate surface area is 165 Å². The van der Waals surface area contributed by atoms with Gasteiger partial charge in [0, 0.05) is 31.9 Å². The van der Waals surface area contributed by atoms with Gasteiger partial charge in [-0.3, -0.25) is 4.79 Å². The van der Waals surface area contributed by atoms with E-state index in [1.807, 2.05) is 4.90 Å². The molecule has 1 aliphatic rings. The van der Waals surface area contributed by atoms with Crippen molar-refractivity contribution in [3.05, 3.63) is 59.9 Å². The Morgan fingerprint density at radius 1 is 0.931 bits per heavy atom. The predicted octanol–water partition coefficient (Wildman–Crippen LogP) is 2.93. The largest absolute Gasteiger partial charge is 0.452 e. The van der Waals surface area contributed by atoms with Crippen molar-refractivity contribution in [1.29, 1.82) is 0 Å². The van der Waals surface area contributed by atoms with Crippen LogP contribution in [0.2, 0.25) is 0 Å². The van der Waals surface area contributed by atoms with Gasteiger partial charge in [-0.1, -0.05) is 0 Å². The van der Waals surface area contributed by atoms with Gasteiger partial charge in [0.1, 0.15) is 11.6 Å². The van der Waals surface area contributed by atoms with Crippen molar-refractivity contribution in [2.45, 2.75) is 6.61 Å². The van der Waals surface area contributed by atoms with Crippen LogP contribution in [0.25, 0.3) is 0 Å². The van der Waals surface area contributed by atoms with E-state index in [4.69, 9.17) is 4.74 Å². The number of hydrogen-bond donors (Lipinski definition) is 0. The molecule has 29 heavy (non-hydrogen) atoms. The summed E-state index contributed by atoms with van der Waals surface area (Å²) in [6.45, 7) is -1.30. The molecule has 9 heteroatoms. The number of carbonyl (C=O) groups excluding carboxylic acids is 2. The van der Waals surface area contributed by atoms with Crippen molar-refractivity contribution in [3.8, 4) is 5.75 Å². The first-order valence-electron chi connectivity index (χ1n) is 8.92. The van der Waals surface area contributed by atoms with E-state index in [0.29, 0.717) is 26.2 Å². The molecule has 1 aliphatic heterocycles. The molecule has 6 nitrogen and oxygen atoms in total. The molecule has 0 bridgehead atoms. The predicted molar refractivity (Wildman–Crippen MR) is 98.5 cm³/mol. The number of alkyl halides is 2. The number of benzene rings is 2. The number of carbonyl (C=O) groups is 2. The average molecular weight is 408 g/mol. The third kappa shape index (κ3) is 5.63. The highest BCUT2D eigenvalue weighted by Gasteiger charge is 2.22. The van der Waals surface area contributed by atoms with Gasteiger partial charge in [-0.15, -0.1) is 0 Å². The van der Waals surface area contributed by atoms with E-state index < -0.39 is 19.2 Å². The minimum Gasteiger partial charge on any atom is -0.452 e. The van der Waals surface area contributed by atoms with Crippen molar-refractivity contribution in [1.82, 2.24) is 4.90 Å². The number of rotatable bonds is 6. The third-order valence-electron chi connectivity index (χ3n) is 4.47. The summed E-state index contributed by atoms with van der Waals surface area (Å²) in [4.78, 5) is 27.9. The fourth-order valence-corrected chi connectivity index (χ4v) is 2.94. The Morgan fingerprint density at radius 2 is 1.55 bits per heavy atom. The lowest BCUT2D eigenvalue weighted by Crippen LogP contribution is -2.49. The van der Waals surface area contributed by atoms with Crippen molar-refractivity contribution in [2.75, 3.05) is 37.7 Å². The van der Waals surface area contributed by atoms with Crippen LogP contribution in [0.1, 0.15) is 10.4 Å². The summed E-state index contributed by atoms with van der Waals surface area (Å²) in [5.41, 5.74) is 1.00. The van der Waals surface area contributed by atoms with E-state index in [1.54, 1.807) is 17.0 Å². The van der Waals surface area contributed by atoms with Gasteiger partial charge in [-0.25, -0.2) is 9.18 Å². The van der Waals surface area contributed by atoms with E-state index in [0.717, 1.165) is 5.69 Å². The number of nitrogens with zero attached hydrogens (tertiary/aromatic N) is 2. The topological polar surface area (TPSA) is 59.1 Å². The maximum Gasteiger partial charge on any atom is 0.387 e. The summed E-state index contributed by atoms with van der Waals surface area (Å²) in [6.07, 6.45) is 0. The quantitative estimate of drug-likeness (QED) is 0.688. The third-order valence-corrected chi connectivity index (χ3v) is 4.47. The Morgan fingerprint density at radius 3 is 2.14 bits per heavy atom. The number of ether oxygens (including phenoxy) is 2. The summed E-state index contributed by atoms with van der Waals surface area (Å²) in [7, 11) is 0. The van der Waals surface area contributed by atoms with E-state index >= 15 is 0 Å². The molecular formula is C20H19F3N2O4. The molecule has 0 aromatic heterocycles. The molecule has 2 aromatic rings. The molecular weight excluding hydrogens is 389 g/mol. The number of anilines is 1. The second-order valence-electron chi connectivity index (χ2n) is 6.32. The molecule has 0 unspecified atom stereocenters. The monoisotopic (exact) mass is 408 g/mol. The maximum absolute atomic E-state index is 13.0. The second-order valence-corrected chi connectivity index (χ2v) is 6.32. The molecule has 0 aliphatic carbocycles. The standard InChI is InChI=1S/C20H19F3N2O4/c21-15-3-5-16(6-4-15)24-9-11-25(12-10-24)18(26)13-28-19(27)14-1-7-17(8-2-14)29-20(22)23/h1-8,20H,9-13H2. The van der Waals surface area contributed by atoms with Gasteiger partial charge in [0.2, 0.25) is 0 Å². The van der Waals surface area contributed by atoms with Crippen molar-refractivity contribution in [2.24, 2.45) is 0 Å². The second kappa shape index (κ2) is 9.31. The number of amides is 1. The minimum absolute atomic E-state index is 0.0772. The Balaban J connectivity index is 1.45. The van der Waals surface area contributed by atoms with Crippen LogP contribution in [0.4, 0.5) is 18.9 Å². The van der Waals surface area contributed by atoms with Crippen LogP contribution in [0.5, 0.6) is 5.75 Å². The fourth-order valence-electron chi connectivity index (χ4n) is 2.94. The zero-order valence-corrected chi connectivity index (χ0v) is 15.4. The molecule has 2 aromatic carbocycles. The number of esters is 1. The summed E-state index contributed by atoms with van der Waals surface area (Å²) in [5.74, 6) is -1.44. The van der Waals surface area contributed by atoms with Crippen molar-refractivity contribution >= 4 is 17.6 Å². The van der Waals surface area contributed by atoms with Crippen LogP contribution in [-0.4, -0.2) is 56.2 Å². The van der Waals surface area contributed by atoms with Crippen molar-refractivity contribution < 1.29 is 32.2 Å². The first-order valence-corrected chi connectivity index (χ1v) is 8.92. The van der Waals surface area contributed by atoms with Gasteiger partial charge >= 0.3 is 12.6 Å². The van der Waals surface area contributed by atoms with Crippen LogP contribution in [0.3, 0.4) is 0 Å². The normalized spacial score (nSPS) is 14.1. The lowest BCUT2D eigenvalue weighted by molar-refractivity contribution is -0.134. The molecule has 0 saturated carbocycles. The van der Waals surface area contributed by atoms with E-state index in [-0.39, 0.29) is 23.0 Å². The molecule has 0 N–H and O–H groups in total. The fraction of sp³-hybridized carbons (Fsp3) is 0.300. The van der Waals surface area contributed by atoms with Gasteiger partial charge in [0.25, 0.3) is 5.91 Å². The molecule has 0 spiro atoms. The zero-order chi connectivity index (χ0) is 20.8. The highest BCUT2D eigenvalue weighted by Crippen LogP contribution is 2.18. The first kappa shape index (κ1) is 20.5. The summed E-state index contributed by atoms with van der Waals surface area (Å²) < 4.78 is 46.5. The zero-order valence-electron chi connectivity index (χ0n) is 15.4. The molecule has 0 atom stereocenters. The van der Waals surface area contributed by atoms with Crippen LogP contribution in [0.15, 0.2) is 48.5 Å². The molecule has 154 valence electrons. The van der Waals surface area contributed by atoms with Crippen LogP contribution >= 0.6 is 0 Å². The smallest absolute Gasteiger partial charge is 0.387 e. The van der Waals surface area contributed by atoms with Crippen LogP contribution in [0, 0.1) is 5.82 Å². The number of halogens is 3. The highest BCUT2D eigenvalue weighted by molar-refractivity contribution is 5.91. The van der Waals surface area contributed by atoms with Gasteiger partial charge in [0.05, 0.1) is 5.56 Å². The molecule has 0 radical (unpaired) electrons. The summed E-state index contributed by atoms with van der Waals surface area (Å²) >= 11 is 0. The van der Waals surface area contributed by atoms with Gasteiger partial charge < -0.3 is 19.3 Å². The number of piperazine rings is 1. The number of hydrogen-bond acceptors (Lipinski definition) is 5. The Kier molecular flexibility index (Phi) is 6.58. The minimum atomic E-state index is -2.95. The van der Waals surface area contributed by atoms with E-state index in [9.17, 15) is 22.8 Å². The van der Waals surface area contributed by atoms with Gasteiger partial charge in [-0.05, 0) is 48.5 Å². The Hall–Kier alpha value is -3.23. The van der Waals surface area contributed by atoms with Crippen LogP contribution < -0.4 is 9.64 Å². The molecule has 1 saturated heterocycles. The van der Waals surface area contributed by atoms with Crippen molar-refractivity contribution in [3.63, 3.8) is 0 Å². The maximum atomic E-state index is 13.0. The SMILES string of the molecule is O=C(OCC(=O)N1CCN(c2ccc(F)cc2)CC1)c1ccc(OC(F)F)cc1. The average Bonchev–Trinajstić information content (AvgIpc) is 2.72. The Bertz CT molecular complexity index is 836. The molecule has 1 heterocycles. The first-order chi connectivity index (χ1) is 13.9. The van der Waals surface area contributed by atoms with Gasteiger partial charge in [-0.2, -0.15) is 8.78 Å². The molecule has 1 fully saturated rings. The highest BCUT2D eigenvalue weighted by atomic mass is 19.3. The summed E-state index contributed by atoms with van der Waals surface area (Å²) in [5, 5.41) is 0. The van der Waals surface area contributed by atoms with Gasteiger partial charge in [0.15, 0.2) is 6.61 Å². The van der Waals surface area contributed by atoms with E-state index in [2.05, 4.69) is 4.74 Å². The molecule has 3 rings (SSSR count). The lowest BCUT2D eigenvalue weighted by Gasteiger charge is -2.36. The molecule has 1 amide bonds. The lowest BCUT2D eigenvalue weighted by atomic mass is 10.2. The van der Waals surface area contributed by atoms with Crippen LogP contribution in [-0.2, 0) is 9.53 Å². The van der Waals surface area contributed by atoms with E-state index in [1.165, 1.54) is 36.4 Å². The summed E-state index contributed by atoms with van der Waals surface area (Å²) in [6, 6.07) is 11.2.